The van der Waals surface area contributed by atoms with E-state index in [1.54, 1.807) is 12.1 Å². The maximum atomic E-state index is 9.44. The van der Waals surface area contributed by atoms with Crippen LogP contribution in [0.4, 0.5) is 0 Å². The molecule has 0 radical (unpaired) electrons. The maximum absolute atomic E-state index is 9.44. The van der Waals surface area contributed by atoms with Crippen LogP contribution in [0.3, 0.4) is 0 Å². The van der Waals surface area contributed by atoms with Crippen molar-refractivity contribution in [2.45, 2.75) is 32.3 Å². The molecular weight excluding hydrogens is 164 g/mol. The number of furan rings is 1. The number of hydrogen-bond donors (Lipinski definition) is 1. The van der Waals surface area contributed by atoms with Gasteiger partial charge in [-0.15, -0.1) is 5.92 Å². The third kappa shape index (κ3) is 3.35. The van der Waals surface area contributed by atoms with Gasteiger partial charge in [-0.2, -0.15) is 0 Å². The van der Waals surface area contributed by atoms with Crippen molar-refractivity contribution in [3.8, 4) is 11.8 Å². The lowest BCUT2D eigenvalue weighted by Crippen LogP contribution is -1.89. The highest BCUT2D eigenvalue weighted by molar-refractivity contribution is 5.15. The summed E-state index contributed by atoms with van der Waals surface area (Å²) in [7, 11) is 0. The SMILES string of the molecule is CCCCC#C[C@H](O)c1ccco1. The number of hydrogen-bond acceptors (Lipinski definition) is 2. The number of rotatable bonds is 3. The summed E-state index contributed by atoms with van der Waals surface area (Å²) in [5.41, 5.74) is 0. The minimum absolute atomic E-state index is 0.518. The third-order valence-corrected chi connectivity index (χ3v) is 1.71. The van der Waals surface area contributed by atoms with Gasteiger partial charge in [-0.05, 0) is 18.6 Å². The lowest BCUT2D eigenvalue weighted by molar-refractivity contribution is 0.206. The second-order valence-corrected chi connectivity index (χ2v) is 2.84. The second kappa shape index (κ2) is 5.45. The van der Waals surface area contributed by atoms with Gasteiger partial charge in [0, 0.05) is 6.42 Å². The van der Waals surface area contributed by atoms with Crippen LogP contribution in [0.1, 0.15) is 38.1 Å². The van der Waals surface area contributed by atoms with Gasteiger partial charge in [0.2, 0.25) is 0 Å². The van der Waals surface area contributed by atoms with Gasteiger partial charge in [0.15, 0.2) is 6.10 Å². The van der Waals surface area contributed by atoms with E-state index in [2.05, 4.69) is 18.8 Å². The van der Waals surface area contributed by atoms with Crippen LogP contribution < -0.4 is 0 Å². The first kappa shape index (κ1) is 9.88. The van der Waals surface area contributed by atoms with Crippen molar-refractivity contribution in [1.82, 2.24) is 0 Å². The van der Waals surface area contributed by atoms with Crippen molar-refractivity contribution in [2.75, 3.05) is 0 Å². The molecule has 0 aliphatic rings. The molecule has 0 unspecified atom stereocenters. The van der Waals surface area contributed by atoms with E-state index in [4.69, 9.17) is 4.42 Å². The quantitative estimate of drug-likeness (QED) is 0.570. The minimum atomic E-state index is -0.771. The summed E-state index contributed by atoms with van der Waals surface area (Å²) in [6.45, 7) is 2.12. The smallest absolute Gasteiger partial charge is 0.172 e. The molecule has 1 aromatic rings. The second-order valence-electron chi connectivity index (χ2n) is 2.84. The number of unbranched alkanes of at least 4 members (excludes halogenated alkanes) is 2. The summed E-state index contributed by atoms with van der Waals surface area (Å²) in [6, 6.07) is 3.46. The lowest BCUT2D eigenvalue weighted by Gasteiger charge is -1.96. The molecule has 2 nitrogen and oxygen atoms in total. The van der Waals surface area contributed by atoms with Crippen LogP contribution in [0.5, 0.6) is 0 Å². The average molecular weight is 178 g/mol. The molecule has 0 fully saturated rings. The summed E-state index contributed by atoms with van der Waals surface area (Å²) in [4.78, 5) is 0. The van der Waals surface area contributed by atoms with Crippen LogP contribution >= 0.6 is 0 Å². The molecule has 2 heteroatoms. The van der Waals surface area contributed by atoms with Gasteiger partial charge in [0.1, 0.15) is 5.76 Å². The van der Waals surface area contributed by atoms with E-state index < -0.39 is 6.10 Å². The van der Waals surface area contributed by atoms with Gasteiger partial charge >= 0.3 is 0 Å². The van der Waals surface area contributed by atoms with Crippen LogP contribution in [-0.2, 0) is 0 Å². The zero-order valence-electron chi connectivity index (χ0n) is 7.79. The molecule has 1 rings (SSSR count). The Bertz CT molecular complexity index is 277. The fourth-order valence-corrected chi connectivity index (χ4v) is 0.952. The molecule has 1 atom stereocenters. The van der Waals surface area contributed by atoms with Gasteiger partial charge in [-0.1, -0.05) is 19.3 Å². The fraction of sp³-hybridized carbons (Fsp3) is 0.455. The summed E-state index contributed by atoms with van der Waals surface area (Å²) in [5, 5.41) is 9.44. The zero-order chi connectivity index (χ0) is 9.52. The Morgan fingerprint density at radius 2 is 2.46 bits per heavy atom. The maximum Gasteiger partial charge on any atom is 0.172 e. The molecule has 1 aromatic heterocycles. The molecular formula is C11H14O2. The molecule has 1 N–H and O–H groups in total. The van der Waals surface area contributed by atoms with Crippen molar-refractivity contribution >= 4 is 0 Å². The molecule has 0 amide bonds. The average Bonchev–Trinajstić information content (AvgIpc) is 2.65. The Hall–Kier alpha value is -1.20. The first-order chi connectivity index (χ1) is 6.34. The Labute approximate surface area is 78.6 Å². The van der Waals surface area contributed by atoms with E-state index in [0.717, 1.165) is 19.3 Å². The number of aliphatic hydroxyl groups is 1. The molecule has 0 saturated heterocycles. The standard InChI is InChI=1S/C11H14O2/c1-2-3-4-5-7-10(12)11-8-6-9-13-11/h6,8-10,12H,2-4H2,1H3/t10-/m0/s1. The monoisotopic (exact) mass is 178 g/mol. The van der Waals surface area contributed by atoms with Gasteiger partial charge in [0.05, 0.1) is 6.26 Å². The van der Waals surface area contributed by atoms with Gasteiger partial charge in [-0.3, -0.25) is 0 Å². The Balaban J connectivity index is 2.39. The van der Waals surface area contributed by atoms with Gasteiger partial charge in [-0.25, -0.2) is 0 Å². The Morgan fingerprint density at radius 3 is 3.08 bits per heavy atom. The van der Waals surface area contributed by atoms with E-state index in [1.165, 1.54) is 6.26 Å². The highest BCUT2D eigenvalue weighted by atomic mass is 16.4. The van der Waals surface area contributed by atoms with Crippen LogP contribution in [-0.4, -0.2) is 5.11 Å². The molecule has 0 bridgehead atoms. The summed E-state index contributed by atoms with van der Waals surface area (Å²) >= 11 is 0. The van der Waals surface area contributed by atoms with E-state index >= 15 is 0 Å². The topological polar surface area (TPSA) is 33.4 Å². The van der Waals surface area contributed by atoms with Gasteiger partial charge in [0.25, 0.3) is 0 Å². The normalized spacial score (nSPS) is 11.8. The van der Waals surface area contributed by atoms with Crippen LogP contribution in [0.2, 0.25) is 0 Å². The largest absolute Gasteiger partial charge is 0.466 e. The third-order valence-electron chi connectivity index (χ3n) is 1.71. The van der Waals surface area contributed by atoms with Crippen LogP contribution in [0, 0.1) is 11.8 Å². The van der Waals surface area contributed by atoms with Crippen molar-refractivity contribution in [3.05, 3.63) is 24.2 Å². The highest BCUT2D eigenvalue weighted by Gasteiger charge is 2.04. The molecule has 0 saturated carbocycles. The highest BCUT2D eigenvalue weighted by Crippen LogP contribution is 2.11. The van der Waals surface area contributed by atoms with Crippen LogP contribution in [0.25, 0.3) is 0 Å². The predicted molar refractivity (Wildman–Crippen MR) is 51.0 cm³/mol. The van der Waals surface area contributed by atoms with E-state index in [9.17, 15) is 5.11 Å². The van der Waals surface area contributed by atoms with E-state index in [1.807, 2.05) is 0 Å². The molecule has 13 heavy (non-hydrogen) atoms. The predicted octanol–water partition coefficient (Wildman–Crippen LogP) is 2.51. The summed E-state index contributed by atoms with van der Waals surface area (Å²) in [5.74, 6) is 6.16. The Kier molecular flexibility index (Phi) is 4.14. The molecule has 0 aliphatic carbocycles. The van der Waals surface area contributed by atoms with Crippen molar-refractivity contribution in [2.24, 2.45) is 0 Å². The first-order valence-electron chi connectivity index (χ1n) is 4.54. The molecule has 0 aliphatic heterocycles. The first-order valence-corrected chi connectivity index (χ1v) is 4.54. The fourth-order valence-electron chi connectivity index (χ4n) is 0.952. The lowest BCUT2D eigenvalue weighted by atomic mass is 10.2. The van der Waals surface area contributed by atoms with Crippen molar-refractivity contribution < 1.29 is 9.52 Å². The van der Waals surface area contributed by atoms with Crippen molar-refractivity contribution in [1.29, 1.82) is 0 Å². The molecule has 0 spiro atoms. The zero-order valence-corrected chi connectivity index (χ0v) is 7.79. The van der Waals surface area contributed by atoms with Crippen LogP contribution in [0.15, 0.2) is 22.8 Å². The molecule has 1 heterocycles. The molecule has 70 valence electrons. The van der Waals surface area contributed by atoms with Gasteiger partial charge < -0.3 is 9.52 Å². The number of aliphatic hydroxyl groups excluding tert-OH is 1. The minimum Gasteiger partial charge on any atom is -0.466 e. The Morgan fingerprint density at radius 1 is 1.62 bits per heavy atom. The van der Waals surface area contributed by atoms with Crippen molar-refractivity contribution in [3.63, 3.8) is 0 Å². The van der Waals surface area contributed by atoms with E-state index in [-0.39, 0.29) is 0 Å². The molecule has 0 aromatic carbocycles. The van der Waals surface area contributed by atoms with E-state index in [0.29, 0.717) is 5.76 Å². The summed E-state index contributed by atoms with van der Waals surface area (Å²) < 4.78 is 5.00. The summed E-state index contributed by atoms with van der Waals surface area (Å²) in [6.07, 6.45) is 3.82.